The molecular weight excluding hydrogens is 218 g/mol. The van der Waals surface area contributed by atoms with Crippen molar-refractivity contribution in [3.63, 3.8) is 0 Å². The summed E-state index contributed by atoms with van der Waals surface area (Å²) in [6.45, 7) is 2.82. The first kappa shape index (κ1) is 11.8. The van der Waals surface area contributed by atoms with E-state index in [0.29, 0.717) is 12.5 Å². The van der Waals surface area contributed by atoms with Gasteiger partial charge in [-0.05, 0) is 36.1 Å². The molecule has 1 aromatic carbocycles. The molecule has 1 aliphatic heterocycles. The van der Waals surface area contributed by atoms with Crippen LogP contribution in [-0.2, 0) is 11.2 Å². The van der Waals surface area contributed by atoms with Gasteiger partial charge in [0.25, 0.3) is 0 Å². The smallest absolute Gasteiger partial charge is 0.414 e. The number of nitrogens with zero attached hydrogens (tertiary/aromatic N) is 1. The van der Waals surface area contributed by atoms with E-state index in [1.54, 1.807) is 12.0 Å². The highest BCUT2D eigenvalue weighted by atomic mass is 16.5. The fourth-order valence-electron chi connectivity index (χ4n) is 2.25. The lowest BCUT2D eigenvalue weighted by molar-refractivity contribution is 0.177. The molecule has 0 fully saturated rings. The zero-order valence-corrected chi connectivity index (χ0v) is 10.4. The van der Waals surface area contributed by atoms with Crippen LogP contribution in [0.4, 0.5) is 10.5 Å². The first-order valence-electron chi connectivity index (χ1n) is 5.68. The largest absolute Gasteiger partial charge is 0.497 e. The number of fused-ring (bicyclic) bond motifs is 1. The van der Waals surface area contributed by atoms with Gasteiger partial charge in [0.15, 0.2) is 0 Å². The lowest BCUT2D eigenvalue weighted by Gasteiger charge is -2.32. The number of hydrogen-bond acceptors (Lipinski definition) is 3. The van der Waals surface area contributed by atoms with E-state index >= 15 is 0 Å². The van der Waals surface area contributed by atoms with Gasteiger partial charge in [-0.15, -0.1) is 0 Å². The maximum atomic E-state index is 11.7. The lowest BCUT2D eigenvalue weighted by atomic mass is 9.94. The fraction of sp³-hybridized carbons (Fsp3) is 0.462. The molecule has 1 amide bonds. The van der Waals surface area contributed by atoms with Crippen LogP contribution in [0.2, 0.25) is 0 Å². The number of benzene rings is 1. The molecule has 0 saturated heterocycles. The van der Waals surface area contributed by atoms with Crippen LogP contribution in [-0.4, -0.2) is 26.9 Å². The van der Waals surface area contributed by atoms with E-state index in [-0.39, 0.29) is 6.09 Å². The third kappa shape index (κ3) is 2.20. The summed E-state index contributed by atoms with van der Waals surface area (Å²) in [6, 6.07) is 5.77. The van der Waals surface area contributed by atoms with E-state index in [4.69, 9.17) is 9.47 Å². The van der Waals surface area contributed by atoms with Crippen molar-refractivity contribution in [1.29, 1.82) is 0 Å². The third-order valence-electron chi connectivity index (χ3n) is 3.04. The lowest BCUT2D eigenvalue weighted by Crippen LogP contribution is -2.39. The quantitative estimate of drug-likeness (QED) is 0.750. The van der Waals surface area contributed by atoms with Crippen molar-refractivity contribution < 1.29 is 14.3 Å². The Morgan fingerprint density at radius 2 is 2.18 bits per heavy atom. The number of hydrogen-bond donors (Lipinski definition) is 0. The average Bonchev–Trinajstić information content (AvgIpc) is 2.35. The fourth-order valence-corrected chi connectivity index (χ4v) is 2.25. The molecule has 1 atom stereocenters. The molecule has 1 aromatic rings. The summed E-state index contributed by atoms with van der Waals surface area (Å²) in [6.07, 6.45) is 0.656. The van der Waals surface area contributed by atoms with Gasteiger partial charge in [-0.3, -0.25) is 4.90 Å². The van der Waals surface area contributed by atoms with Crippen LogP contribution < -0.4 is 9.64 Å². The van der Waals surface area contributed by atoms with Gasteiger partial charge >= 0.3 is 6.09 Å². The van der Waals surface area contributed by atoms with Gasteiger partial charge in [-0.2, -0.15) is 0 Å². The molecular formula is C13H17NO3. The summed E-state index contributed by atoms with van der Waals surface area (Å²) in [5.74, 6) is 1.25. The number of ether oxygens (including phenoxy) is 2. The number of anilines is 1. The molecule has 1 heterocycles. The molecule has 0 aromatic heterocycles. The minimum Gasteiger partial charge on any atom is -0.497 e. The van der Waals surface area contributed by atoms with Gasteiger partial charge < -0.3 is 9.47 Å². The normalized spacial score (nSPS) is 18.5. The molecule has 2 rings (SSSR count). The van der Waals surface area contributed by atoms with Crippen LogP contribution in [0.1, 0.15) is 12.5 Å². The molecule has 92 valence electrons. The van der Waals surface area contributed by atoms with Gasteiger partial charge in [0.2, 0.25) is 0 Å². The number of rotatable bonds is 1. The SMILES string of the molecule is COC(=O)N1CC(C)Cc2cc(OC)ccc21. The highest BCUT2D eigenvalue weighted by molar-refractivity contribution is 5.89. The van der Waals surface area contributed by atoms with Crippen molar-refractivity contribution in [3.8, 4) is 5.75 Å². The molecule has 0 aliphatic carbocycles. The molecule has 17 heavy (non-hydrogen) atoms. The average molecular weight is 235 g/mol. The van der Waals surface area contributed by atoms with Crippen LogP contribution >= 0.6 is 0 Å². The number of carbonyl (C=O) groups excluding carboxylic acids is 1. The second-order valence-electron chi connectivity index (χ2n) is 4.38. The standard InChI is InChI=1S/C13H17NO3/c1-9-6-10-7-11(16-2)4-5-12(10)14(8-9)13(15)17-3/h4-5,7,9H,6,8H2,1-3H3. The molecule has 4 heteroatoms. The minimum absolute atomic E-state index is 0.303. The van der Waals surface area contributed by atoms with E-state index in [9.17, 15) is 4.79 Å². The Labute approximate surface area is 101 Å². The Balaban J connectivity index is 2.40. The Hall–Kier alpha value is -1.71. The van der Waals surface area contributed by atoms with E-state index < -0.39 is 0 Å². The zero-order valence-electron chi connectivity index (χ0n) is 10.4. The number of carbonyl (C=O) groups is 1. The van der Waals surface area contributed by atoms with Crippen molar-refractivity contribution >= 4 is 11.8 Å². The van der Waals surface area contributed by atoms with Crippen molar-refractivity contribution in [2.24, 2.45) is 5.92 Å². The van der Waals surface area contributed by atoms with E-state index in [2.05, 4.69) is 6.92 Å². The summed E-state index contributed by atoms with van der Waals surface area (Å²) >= 11 is 0. The summed E-state index contributed by atoms with van der Waals surface area (Å²) in [5.41, 5.74) is 2.06. The maximum Gasteiger partial charge on any atom is 0.414 e. The van der Waals surface area contributed by atoms with E-state index in [1.807, 2.05) is 18.2 Å². The summed E-state index contributed by atoms with van der Waals surface area (Å²) in [4.78, 5) is 13.4. The first-order valence-corrected chi connectivity index (χ1v) is 5.68. The van der Waals surface area contributed by atoms with Gasteiger partial charge in [0, 0.05) is 6.54 Å². The molecule has 1 aliphatic rings. The van der Waals surface area contributed by atoms with Gasteiger partial charge in [-0.1, -0.05) is 6.92 Å². The molecule has 0 bridgehead atoms. The van der Waals surface area contributed by atoms with Crippen molar-refractivity contribution in [2.75, 3.05) is 25.7 Å². The van der Waals surface area contributed by atoms with Crippen molar-refractivity contribution in [2.45, 2.75) is 13.3 Å². The molecule has 1 unspecified atom stereocenters. The minimum atomic E-state index is -0.303. The van der Waals surface area contributed by atoms with E-state index in [1.165, 1.54) is 7.11 Å². The number of methoxy groups -OCH3 is 2. The third-order valence-corrected chi connectivity index (χ3v) is 3.04. The zero-order chi connectivity index (χ0) is 12.4. The van der Waals surface area contributed by atoms with Crippen LogP contribution in [0.15, 0.2) is 18.2 Å². The summed E-state index contributed by atoms with van der Waals surface area (Å²) in [7, 11) is 3.05. The van der Waals surface area contributed by atoms with Crippen molar-refractivity contribution in [3.05, 3.63) is 23.8 Å². The summed E-state index contributed by atoms with van der Waals surface area (Å²) in [5, 5.41) is 0. The first-order chi connectivity index (χ1) is 8.15. The highest BCUT2D eigenvalue weighted by Crippen LogP contribution is 2.32. The Bertz CT molecular complexity index is 431. The number of amides is 1. The predicted octanol–water partition coefficient (Wildman–Crippen LogP) is 2.46. The van der Waals surface area contributed by atoms with Crippen LogP contribution in [0.3, 0.4) is 0 Å². The Morgan fingerprint density at radius 1 is 1.41 bits per heavy atom. The highest BCUT2D eigenvalue weighted by Gasteiger charge is 2.27. The topological polar surface area (TPSA) is 38.8 Å². The predicted molar refractivity (Wildman–Crippen MR) is 65.6 cm³/mol. The summed E-state index contributed by atoms with van der Waals surface area (Å²) < 4.78 is 10.0. The molecule has 0 radical (unpaired) electrons. The van der Waals surface area contributed by atoms with Gasteiger partial charge in [0.05, 0.1) is 19.9 Å². The maximum absolute atomic E-state index is 11.7. The Morgan fingerprint density at radius 3 is 2.82 bits per heavy atom. The molecule has 0 N–H and O–H groups in total. The van der Waals surface area contributed by atoms with Gasteiger partial charge in [-0.25, -0.2) is 4.79 Å². The van der Waals surface area contributed by atoms with Crippen LogP contribution in [0.25, 0.3) is 0 Å². The van der Waals surface area contributed by atoms with Crippen LogP contribution in [0.5, 0.6) is 5.75 Å². The van der Waals surface area contributed by atoms with Crippen LogP contribution in [0, 0.1) is 5.92 Å². The molecule has 0 spiro atoms. The van der Waals surface area contributed by atoms with E-state index in [0.717, 1.165) is 23.4 Å². The Kier molecular flexibility index (Phi) is 3.22. The molecule has 0 saturated carbocycles. The second-order valence-corrected chi connectivity index (χ2v) is 4.38. The second kappa shape index (κ2) is 4.65. The van der Waals surface area contributed by atoms with Crippen molar-refractivity contribution in [1.82, 2.24) is 0 Å². The monoisotopic (exact) mass is 235 g/mol. The molecule has 4 nitrogen and oxygen atoms in total. The van der Waals surface area contributed by atoms with Gasteiger partial charge in [0.1, 0.15) is 5.75 Å².